The summed E-state index contributed by atoms with van der Waals surface area (Å²) in [6.07, 6.45) is 1.75. The molecule has 3 nitrogen and oxygen atoms in total. The van der Waals surface area contributed by atoms with Crippen molar-refractivity contribution in [3.63, 3.8) is 0 Å². The zero-order chi connectivity index (χ0) is 10.8. The van der Waals surface area contributed by atoms with E-state index in [-0.39, 0.29) is 5.92 Å². The first-order chi connectivity index (χ1) is 6.44. The van der Waals surface area contributed by atoms with Crippen LogP contribution in [0.4, 0.5) is 0 Å². The quantitative estimate of drug-likeness (QED) is 0.734. The number of aliphatic carboxylic acids is 1. The van der Waals surface area contributed by atoms with Crippen molar-refractivity contribution in [3.05, 3.63) is 0 Å². The van der Waals surface area contributed by atoms with Crippen LogP contribution < -0.4 is 0 Å². The normalized spacial score (nSPS) is 22.8. The minimum atomic E-state index is -0.642. The number of carbonyl (C=O) groups is 1. The molecule has 0 aromatic heterocycles. The van der Waals surface area contributed by atoms with E-state index < -0.39 is 5.97 Å². The minimum Gasteiger partial charge on any atom is -0.481 e. The average molecular weight is 199 g/mol. The van der Waals surface area contributed by atoms with Gasteiger partial charge in [-0.2, -0.15) is 0 Å². The summed E-state index contributed by atoms with van der Waals surface area (Å²) in [6, 6.07) is 0. The van der Waals surface area contributed by atoms with Gasteiger partial charge in [-0.25, -0.2) is 0 Å². The van der Waals surface area contributed by atoms with Crippen LogP contribution in [0.15, 0.2) is 0 Å². The molecule has 0 bridgehead atoms. The van der Waals surface area contributed by atoms with Gasteiger partial charge in [0.25, 0.3) is 0 Å². The molecule has 82 valence electrons. The first-order valence-corrected chi connectivity index (χ1v) is 5.40. The summed E-state index contributed by atoms with van der Waals surface area (Å²) in [5.41, 5.74) is 0.398. The van der Waals surface area contributed by atoms with Gasteiger partial charge in [0.2, 0.25) is 0 Å². The number of nitrogens with zero attached hydrogens (tertiary/aromatic N) is 1. The van der Waals surface area contributed by atoms with Gasteiger partial charge in [-0.15, -0.1) is 0 Å². The molecule has 0 amide bonds. The highest BCUT2D eigenvalue weighted by molar-refractivity contribution is 5.70. The van der Waals surface area contributed by atoms with Crippen molar-refractivity contribution in [2.45, 2.75) is 33.6 Å². The summed E-state index contributed by atoms with van der Waals surface area (Å²) in [7, 11) is 0. The minimum absolute atomic E-state index is 0.170. The Kier molecular flexibility index (Phi) is 3.53. The summed E-state index contributed by atoms with van der Waals surface area (Å²) < 4.78 is 0. The van der Waals surface area contributed by atoms with E-state index in [1.807, 2.05) is 6.92 Å². The fourth-order valence-electron chi connectivity index (χ4n) is 2.25. The molecule has 0 saturated carbocycles. The molecule has 1 rings (SSSR count). The van der Waals surface area contributed by atoms with Gasteiger partial charge in [-0.1, -0.05) is 27.2 Å². The van der Waals surface area contributed by atoms with Crippen molar-refractivity contribution < 1.29 is 9.90 Å². The first kappa shape index (κ1) is 11.5. The number of rotatable bonds is 5. The Balaban J connectivity index is 2.31. The van der Waals surface area contributed by atoms with Crippen molar-refractivity contribution in [2.75, 3.05) is 19.6 Å². The van der Waals surface area contributed by atoms with Crippen LogP contribution in [-0.4, -0.2) is 35.6 Å². The van der Waals surface area contributed by atoms with Crippen LogP contribution in [0.5, 0.6) is 0 Å². The predicted molar refractivity (Wildman–Crippen MR) is 56.3 cm³/mol. The van der Waals surface area contributed by atoms with Crippen molar-refractivity contribution in [1.29, 1.82) is 0 Å². The summed E-state index contributed by atoms with van der Waals surface area (Å²) in [4.78, 5) is 13.1. The number of likely N-dealkylation sites (tertiary alicyclic amines) is 1. The Morgan fingerprint density at radius 1 is 1.50 bits per heavy atom. The molecule has 1 aliphatic heterocycles. The third-order valence-electron chi connectivity index (χ3n) is 2.77. The van der Waals surface area contributed by atoms with Gasteiger partial charge in [-0.3, -0.25) is 4.79 Å². The molecular formula is C11H21NO2. The summed E-state index contributed by atoms with van der Waals surface area (Å²) >= 11 is 0. The lowest BCUT2D eigenvalue weighted by Crippen LogP contribution is -2.54. The fraction of sp³-hybridized carbons (Fsp3) is 0.909. The second kappa shape index (κ2) is 4.30. The lowest BCUT2D eigenvalue weighted by Gasteiger charge is -2.46. The van der Waals surface area contributed by atoms with E-state index in [2.05, 4.69) is 18.7 Å². The smallest absolute Gasteiger partial charge is 0.307 e. The monoisotopic (exact) mass is 199 g/mol. The van der Waals surface area contributed by atoms with Gasteiger partial charge >= 0.3 is 5.97 Å². The summed E-state index contributed by atoms with van der Waals surface area (Å²) in [5, 5.41) is 8.98. The largest absolute Gasteiger partial charge is 0.481 e. The molecule has 3 heteroatoms. The zero-order valence-electron chi connectivity index (χ0n) is 9.42. The summed E-state index contributed by atoms with van der Waals surface area (Å²) in [5.74, 6) is -0.812. The Bertz CT molecular complexity index is 205. The van der Waals surface area contributed by atoms with E-state index in [9.17, 15) is 4.79 Å². The van der Waals surface area contributed by atoms with Crippen molar-refractivity contribution >= 4 is 5.97 Å². The third kappa shape index (κ3) is 2.98. The van der Waals surface area contributed by atoms with Crippen LogP contribution in [0, 0.1) is 11.3 Å². The highest BCUT2D eigenvalue weighted by Crippen LogP contribution is 2.29. The van der Waals surface area contributed by atoms with Crippen LogP contribution in [-0.2, 0) is 4.79 Å². The highest BCUT2D eigenvalue weighted by atomic mass is 16.4. The molecule has 0 spiro atoms. The lowest BCUT2D eigenvalue weighted by atomic mass is 9.83. The molecule has 1 unspecified atom stereocenters. The van der Waals surface area contributed by atoms with Gasteiger partial charge in [0.05, 0.1) is 5.92 Å². The molecular weight excluding hydrogens is 178 g/mol. The Labute approximate surface area is 86.1 Å². The molecule has 1 fully saturated rings. The van der Waals surface area contributed by atoms with Crippen molar-refractivity contribution in [3.8, 4) is 0 Å². The molecule has 1 saturated heterocycles. The topological polar surface area (TPSA) is 40.5 Å². The van der Waals surface area contributed by atoms with Crippen LogP contribution in [0.1, 0.15) is 33.6 Å². The van der Waals surface area contributed by atoms with Crippen LogP contribution in [0.2, 0.25) is 0 Å². The second-order valence-corrected chi connectivity index (χ2v) is 5.16. The van der Waals surface area contributed by atoms with Crippen LogP contribution >= 0.6 is 0 Å². The van der Waals surface area contributed by atoms with E-state index in [1.54, 1.807) is 0 Å². The van der Waals surface area contributed by atoms with Gasteiger partial charge in [0, 0.05) is 19.6 Å². The van der Waals surface area contributed by atoms with Crippen LogP contribution in [0.3, 0.4) is 0 Å². The van der Waals surface area contributed by atoms with Crippen molar-refractivity contribution in [2.24, 2.45) is 11.3 Å². The van der Waals surface area contributed by atoms with E-state index in [0.717, 1.165) is 32.5 Å². The lowest BCUT2D eigenvalue weighted by molar-refractivity contribution is -0.143. The first-order valence-electron chi connectivity index (χ1n) is 5.40. The second-order valence-electron chi connectivity index (χ2n) is 5.16. The maximum absolute atomic E-state index is 10.9. The van der Waals surface area contributed by atoms with Gasteiger partial charge < -0.3 is 10.0 Å². The van der Waals surface area contributed by atoms with Gasteiger partial charge in [0.15, 0.2) is 0 Å². The average Bonchev–Trinajstić information content (AvgIpc) is 1.99. The molecule has 14 heavy (non-hydrogen) atoms. The SMILES string of the molecule is CCCC(CN1CC(C)(C)C1)C(=O)O. The maximum atomic E-state index is 10.9. The number of carboxylic acid groups (broad SMARTS) is 1. The summed E-state index contributed by atoms with van der Waals surface area (Å²) in [6.45, 7) is 9.29. The molecule has 1 aliphatic rings. The van der Waals surface area contributed by atoms with E-state index >= 15 is 0 Å². The van der Waals surface area contributed by atoms with E-state index in [1.165, 1.54) is 0 Å². The van der Waals surface area contributed by atoms with Crippen LogP contribution in [0.25, 0.3) is 0 Å². The molecule has 1 N–H and O–H groups in total. The fourth-order valence-corrected chi connectivity index (χ4v) is 2.25. The third-order valence-corrected chi connectivity index (χ3v) is 2.77. The van der Waals surface area contributed by atoms with Gasteiger partial charge in [-0.05, 0) is 11.8 Å². The molecule has 0 radical (unpaired) electrons. The Morgan fingerprint density at radius 3 is 2.43 bits per heavy atom. The number of carboxylic acids is 1. The van der Waals surface area contributed by atoms with Crippen molar-refractivity contribution in [1.82, 2.24) is 4.90 Å². The number of hydrogen-bond donors (Lipinski definition) is 1. The Morgan fingerprint density at radius 2 is 2.07 bits per heavy atom. The standard InChI is InChI=1S/C11H21NO2/c1-4-5-9(10(13)14)6-12-7-11(2,3)8-12/h9H,4-8H2,1-3H3,(H,13,14). The molecule has 0 aliphatic carbocycles. The maximum Gasteiger partial charge on any atom is 0.307 e. The zero-order valence-corrected chi connectivity index (χ0v) is 9.42. The molecule has 0 aromatic carbocycles. The molecule has 0 aromatic rings. The van der Waals surface area contributed by atoms with E-state index in [0.29, 0.717) is 5.41 Å². The van der Waals surface area contributed by atoms with Gasteiger partial charge in [0.1, 0.15) is 0 Å². The van der Waals surface area contributed by atoms with E-state index in [4.69, 9.17) is 5.11 Å². The highest BCUT2D eigenvalue weighted by Gasteiger charge is 2.35. The molecule has 1 heterocycles. The Hall–Kier alpha value is -0.570. The molecule has 1 atom stereocenters. The number of hydrogen-bond acceptors (Lipinski definition) is 2. The predicted octanol–water partition coefficient (Wildman–Crippen LogP) is 1.83.